The topological polar surface area (TPSA) is 101 Å². The summed E-state index contributed by atoms with van der Waals surface area (Å²) in [5, 5.41) is 12.2. The lowest BCUT2D eigenvalue weighted by Crippen LogP contribution is -2.43. The van der Waals surface area contributed by atoms with Crippen molar-refractivity contribution in [3.63, 3.8) is 0 Å². The molecule has 1 aliphatic rings. The molecule has 0 aromatic carbocycles. The summed E-state index contributed by atoms with van der Waals surface area (Å²) in [4.78, 5) is 30.7. The lowest BCUT2D eigenvalue weighted by molar-refractivity contribution is -0.153. The second-order valence-corrected chi connectivity index (χ2v) is 5.00. The van der Waals surface area contributed by atoms with E-state index in [0.29, 0.717) is 30.9 Å². The molecule has 0 bridgehead atoms. The van der Waals surface area contributed by atoms with E-state index in [1.54, 1.807) is 13.0 Å². The minimum absolute atomic E-state index is 0.0343. The number of carbonyl (C=O) groups excluding carboxylic acids is 1. The highest BCUT2D eigenvalue weighted by molar-refractivity contribution is 5.85. The van der Waals surface area contributed by atoms with Crippen molar-refractivity contribution in [3.8, 4) is 0 Å². The van der Waals surface area contributed by atoms with Gasteiger partial charge in [-0.25, -0.2) is 14.8 Å². The number of methoxy groups -OCH3 is 1. The second kappa shape index (κ2) is 5.44. The van der Waals surface area contributed by atoms with E-state index in [4.69, 9.17) is 0 Å². The summed E-state index contributed by atoms with van der Waals surface area (Å²) >= 11 is 0. The molecule has 0 amide bonds. The molecule has 1 aromatic rings. The first kappa shape index (κ1) is 14.2. The van der Waals surface area contributed by atoms with Crippen LogP contribution >= 0.6 is 0 Å². The van der Waals surface area contributed by atoms with Gasteiger partial charge in [0.05, 0.1) is 12.5 Å². The van der Waals surface area contributed by atoms with Gasteiger partial charge >= 0.3 is 11.9 Å². The van der Waals surface area contributed by atoms with Crippen LogP contribution in [0.15, 0.2) is 6.07 Å². The Morgan fingerprint density at radius 3 is 2.65 bits per heavy atom. The highest BCUT2D eigenvalue weighted by Crippen LogP contribution is 2.41. The summed E-state index contributed by atoms with van der Waals surface area (Å²) in [6.07, 6.45) is 2.23. The quantitative estimate of drug-likeness (QED) is 0.782. The Morgan fingerprint density at radius 1 is 1.45 bits per heavy atom. The molecule has 2 N–H and O–H groups in total. The number of carbonyl (C=O) groups is 2. The third-order valence-corrected chi connectivity index (χ3v) is 3.59. The molecule has 0 radical (unpaired) electrons. The molecule has 1 fully saturated rings. The molecule has 2 rings (SSSR count). The van der Waals surface area contributed by atoms with E-state index in [-0.39, 0.29) is 5.82 Å². The highest BCUT2D eigenvalue weighted by atomic mass is 16.5. The van der Waals surface area contributed by atoms with Crippen molar-refractivity contribution < 1.29 is 19.4 Å². The number of ether oxygens (including phenoxy) is 1. The van der Waals surface area contributed by atoms with Crippen LogP contribution in [0.1, 0.15) is 35.6 Å². The number of hydrogen-bond acceptors (Lipinski definition) is 6. The monoisotopic (exact) mass is 279 g/mol. The fourth-order valence-corrected chi connectivity index (χ4v) is 2.17. The molecule has 7 nitrogen and oxygen atoms in total. The standard InChI is InChI=1S/C13H17N3O4/c1-8-6-9(16-10(15-8)11(17)20-2)14-7-13(12(18)19)4-3-5-13/h6H,3-5,7H2,1-2H3,(H,18,19)(H,14,15,16). The van der Waals surface area contributed by atoms with E-state index in [2.05, 4.69) is 20.0 Å². The third-order valence-electron chi connectivity index (χ3n) is 3.59. The first-order valence-electron chi connectivity index (χ1n) is 6.38. The van der Waals surface area contributed by atoms with Gasteiger partial charge in [0, 0.05) is 18.3 Å². The maximum Gasteiger partial charge on any atom is 0.376 e. The van der Waals surface area contributed by atoms with Crippen molar-refractivity contribution in [2.75, 3.05) is 19.0 Å². The molecular weight excluding hydrogens is 262 g/mol. The molecular formula is C13H17N3O4. The van der Waals surface area contributed by atoms with E-state index in [9.17, 15) is 14.7 Å². The molecule has 1 aliphatic carbocycles. The number of esters is 1. The van der Waals surface area contributed by atoms with Crippen molar-refractivity contribution in [3.05, 3.63) is 17.6 Å². The Bertz CT molecular complexity index is 540. The predicted octanol–water partition coefficient (Wildman–Crippen LogP) is 1.24. The summed E-state index contributed by atoms with van der Waals surface area (Å²) in [7, 11) is 1.26. The fraction of sp³-hybridized carbons (Fsp3) is 0.538. The van der Waals surface area contributed by atoms with Crippen LogP contribution in [0.5, 0.6) is 0 Å². The summed E-state index contributed by atoms with van der Waals surface area (Å²) in [6, 6.07) is 1.67. The molecule has 1 aromatic heterocycles. The maximum atomic E-state index is 11.4. The zero-order chi connectivity index (χ0) is 14.8. The number of aromatic nitrogens is 2. The third kappa shape index (κ3) is 2.71. The average Bonchev–Trinajstić information content (AvgIpc) is 2.35. The van der Waals surface area contributed by atoms with Crippen LogP contribution in [0, 0.1) is 12.3 Å². The van der Waals surface area contributed by atoms with Gasteiger partial charge in [-0.3, -0.25) is 4.79 Å². The Morgan fingerprint density at radius 2 is 2.15 bits per heavy atom. The zero-order valence-electron chi connectivity index (χ0n) is 11.5. The summed E-state index contributed by atoms with van der Waals surface area (Å²) in [6.45, 7) is 2.02. The molecule has 0 aliphatic heterocycles. The van der Waals surface area contributed by atoms with Gasteiger partial charge in [-0.2, -0.15) is 0 Å². The van der Waals surface area contributed by atoms with Gasteiger partial charge in [0.15, 0.2) is 0 Å². The van der Waals surface area contributed by atoms with Gasteiger partial charge in [-0.15, -0.1) is 0 Å². The van der Waals surface area contributed by atoms with Crippen molar-refractivity contribution in [1.82, 2.24) is 9.97 Å². The lowest BCUT2D eigenvalue weighted by Gasteiger charge is -2.37. The molecule has 0 saturated heterocycles. The Hall–Kier alpha value is -2.18. The first-order valence-corrected chi connectivity index (χ1v) is 6.38. The maximum absolute atomic E-state index is 11.4. The predicted molar refractivity (Wildman–Crippen MR) is 70.5 cm³/mol. The van der Waals surface area contributed by atoms with Crippen LogP contribution in [0.3, 0.4) is 0 Å². The van der Waals surface area contributed by atoms with Crippen LogP contribution < -0.4 is 5.32 Å². The van der Waals surface area contributed by atoms with E-state index in [1.165, 1.54) is 7.11 Å². The van der Waals surface area contributed by atoms with Crippen LogP contribution in [0.4, 0.5) is 5.82 Å². The summed E-state index contributed by atoms with van der Waals surface area (Å²) in [5.41, 5.74) is -0.106. The number of carboxylic acid groups (broad SMARTS) is 1. The molecule has 0 unspecified atom stereocenters. The van der Waals surface area contributed by atoms with E-state index in [1.807, 2.05) is 0 Å². The molecule has 20 heavy (non-hydrogen) atoms. The zero-order valence-corrected chi connectivity index (χ0v) is 11.5. The molecule has 7 heteroatoms. The minimum atomic E-state index is -0.796. The highest BCUT2D eigenvalue weighted by Gasteiger charge is 2.44. The van der Waals surface area contributed by atoms with Crippen molar-refractivity contribution in [2.24, 2.45) is 5.41 Å². The van der Waals surface area contributed by atoms with Crippen LogP contribution in [-0.2, 0) is 9.53 Å². The molecule has 108 valence electrons. The van der Waals surface area contributed by atoms with Crippen molar-refractivity contribution in [2.45, 2.75) is 26.2 Å². The number of rotatable bonds is 5. The van der Waals surface area contributed by atoms with Gasteiger partial charge in [0.2, 0.25) is 5.82 Å². The summed E-state index contributed by atoms with van der Waals surface area (Å²) in [5.74, 6) is -1.01. The molecule has 1 heterocycles. The number of aryl methyl sites for hydroxylation is 1. The Balaban J connectivity index is 2.11. The van der Waals surface area contributed by atoms with Gasteiger partial charge < -0.3 is 15.2 Å². The normalized spacial score (nSPS) is 16.1. The second-order valence-electron chi connectivity index (χ2n) is 5.00. The van der Waals surface area contributed by atoms with Crippen molar-refractivity contribution in [1.29, 1.82) is 0 Å². The minimum Gasteiger partial charge on any atom is -0.481 e. The average molecular weight is 279 g/mol. The molecule has 0 atom stereocenters. The Labute approximate surface area is 116 Å². The first-order chi connectivity index (χ1) is 9.47. The van der Waals surface area contributed by atoms with Gasteiger partial charge in [-0.05, 0) is 19.8 Å². The van der Waals surface area contributed by atoms with E-state index in [0.717, 1.165) is 6.42 Å². The van der Waals surface area contributed by atoms with Crippen LogP contribution in [-0.4, -0.2) is 40.7 Å². The number of anilines is 1. The molecule has 0 spiro atoms. The summed E-state index contributed by atoms with van der Waals surface area (Å²) < 4.78 is 4.58. The number of carboxylic acids is 1. The number of nitrogens with zero attached hydrogens (tertiary/aromatic N) is 2. The SMILES string of the molecule is COC(=O)c1nc(C)cc(NCC2(C(=O)O)CCC2)n1. The molecule has 1 saturated carbocycles. The van der Waals surface area contributed by atoms with Crippen LogP contribution in [0.2, 0.25) is 0 Å². The van der Waals surface area contributed by atoms with Crippen molar-refractivity contribution >= 4 is 17.8 Å². The largest absolute Gasteiger partial charge is 0.481 e. The number of aliphatic carboxylic acids is 1. The lowest BCUT2D eigenvalue weighted by atomic mass is 9.69. The van der Waals surface area contributed by atoms with Crippen LogP contribution in [0.25, 0.3) is 0 Å². The smallest absolute Gasteiger partial charge is 0.376 e. The van der Waals surface area contributed by atoms with Gasteiger partial charge in [-0.1, -0.05) is 6.42 Å². The van der Waals surface area contributed by atoms with E-state index < -0.39 is 17.4 Å². The Kier molecular flexibility index (Phi) is 3.87. The fourth-order valence-electron chi connectivity index (χ4n) is 2.17. The van der Waals surface area contributed by atoms with Gasteiger partial charge in [0.1, 0.15) is 5.82 Å². The van der Waals surface area contributed by atoms with Gasteiger partial charge in [0.25, 0.3) is 0 Å². The van der Waals surface area contributed by atoms with E-state index >= 15 is 0 Å². The number of nitrogens with one attached hydrogen (secondary N) is 1. The number of hydrogen-bond donors (Lipinski definition) is 2.